The van der Waals surface area contributed by atoms with E-state index in [4.69, 9.17) is 14.6 Å². The highest BCUT2D eigenvalue weighted by Crippen LogP contribution is 2.44. The number of carboxylic acid groups (broad SMARTS) is 1. The molecule has 1 heterocycles. The third-order valence-corrected chi connectivity index (χ3v) is 7.06. The number of benzene rings is 2. The van der Waals surface area contributed by atoms with Crippen LogP contribution in [0.2, 0.25) is 0 Å². The molecule has 0 spiro atoms. The second-order valence-corrected chi connectivity index (χ2v) is 9.23. The van der Waals surface area contributed by atoms with Gasteiger partial charge in [0.15, 0.2) is 0 Å². The molecule has 0 saturated carbocycles. The van der Waals surface area contributed by atoms with Crippen LogP contribution in [0.5, 0.6) is 0 Å². The van der Waals surface area contributed by atoms with E-state index in [1.807, 2.05) is 24.3 Å². The predicted octanol–water partition coefficient (Wildman–Crippen LogP) is 3.22. The van der Waals surface area contributed by atoms with Crippen molar-refractivity contribution in [3.8, 4) is 11.1 Å². The Labute approximate surface area is 203 Å². The van der Waals surface area contributed by atoms with Gasteiger partial charge in [-0.05, 0) is 41.5 Å². The summed E-state index contributed by atoms with van der Waals surface area (Å²) in [6.07, 6.45) is 1.87. The van der Waals surface area contributed by atoms with E-state index in [0.29, 0.717) is 31.4 Å². The third kappa shape index (κ3) is 4.79. The summed E-state index contributed by atoms with van der Waals surface area (Å²) in [5, 5.41) is 14.8. The highest BCUT2D eigenvalue weighted by atomic mass is 16.5. The lowest BCUT2D eigenvalue weighted by Gasteiger charge is -2.21. The van der Waals surface area contributed by atoms with Crippen molar-refractivity contribution in [1.29, 1.82) is 0 Å². The largest absolute Gasteiger partial charge is 0.478 e. The summed E-state index contributed by atoms with van der Waals surface area (Å²) in [5.41, 5.74) is 4.95. The summed E-state index contributed by atoms with van der Waals surface area (Å²) in [4.78, 5) is 36.3. The first-order chi connectivity index (χ1) is 17.0. The fourth-order valence-electron chi connectivity index (χ4n) is 5.28. The zero-order valence-electron chi connectivity index (χ0n) is 19.2. The van der Waals surface area contributed by atoms with E-state index in [1.54, 1.807) is 6.08 Å². The number of alkyl carbamates (subject to hydrolysis) is 1. The molecule has 8 heteroatoms. The van der Waals surface area contributed by atoms with Gasteiger partial charge in [0, 0.05) is 36.6 Å². The SMILES string of the molecule is O=C(NC[C@@H]1CCO[C@@H]1C(=O)NC1CC=C(C(=O)O)C1)OCC1c2ccccc2-c2ccccc21. The number of aliphatic carboxylic acids is 1. The van der Waals surface area contributed by atoms with Gasteiger partial charge in [0.05, 0.1) is 0 Å². The number of rotatable bonds is 7. The lowest BCUT2D eigenvalue weighted by molar-refractivity contribution is -0.134. The van der Waals surface area contributed by atoms with Crippen LogP contribution in [0.15, 0.2) is 60.2 Å². The number of amides is 2. The molecule has 182 valence electrons. The normalized spacial score (nSPS) is 22.7. The van der Waals surface area contributed by atoms with Crippen LogP contribution in [-0.4, -0.2) is 55.0 Å². The van der Waals surface area contributed by atoms with Crippen molar-refractivity contribution >= 4 is 18.0 Å². The van der Waals surface area contributed by atoms with Crippen molar-refractivity contribution in [3.63, 3.8) is 0 Å². The number of carbonyl (C=O) groups excluding carboxylic acids is 2. The number of carbonyl (C=O) groups is 3. The molecule has 35 heavy (non-hydrogen) atoms. The van der Waals surface area contributed by atoms with E-state index in [9.17, 15) is 14.4 Å². The molecule has 3 atom stereocenters. The van der Waals surface area contributed by atoms with E-state index in [2.05, 4.69) is 34.9 Å². The quantitative estimate of drug-likeness (QED) is 0.566. The van der Waals surface area contributed by atoms with Crippen LogP contribution in [-0.2, 0) is 19.1 Å². The summed E-state index contributed by atoms with van der Waals surface area (Å²) in [6.45, 7) is 0.919. The molecule has 1 aliphatic heterocycles. The minimum Gasteiger partial charge on any atom is -0.478 e. The lowest BCUT2D eigenvalue weighted by Crippen LogP contribution is -2.45. The molecule has 3 aliphatic rings. The number of fused-ring (bicyclic) bond motifs is 3. The highest BCUT2D eigenvalue weighted by Gasteiger charge is 2.36. The van der Waals surface area contributed by atoms with Crippen LogP contribution in [0.25, 0.3) is 11.1 Å². The van der Waals surface area contributed by atoms with Crippen molar-refractivity contribution < 1.29 is 29.0 Å². The Kier molecular flexibility index (Phi) is 6.55. The van der Waals surface area contributed by atoms with Crippen molar-refractivity contribution in [2.24, 2.45) is 5.92 Å². The minimum atomic E-state index is -0.955. The van der Waals surface area contributed by atoms with Gasteiger partial charge in [-0.25, -0.2) is 9.59 Å². The van der Waals surface area contributed by atoms with Crippen LogP contribution in [0.4, 0.5) is 4.79 Å². The van der Waals surface area contributed by atoms with E-state index in [0.717, 1.165) is 11.1 Å². The Balaban J connectivity index is 1.12. The zero-order chi connectivity index (χ0) is 24.4. The average Bonchev–Trinajstić information content (AvgIpc) is 3.59. The van der Waals surface area contributed by atoms with E-state index in [-0.39, 0.29) is 36.9 Å². The van der Waals surface area contributed by atoms with Gasteiger partial charge >= 0.3 is 12.1 Å². The van der Waals surface area contributed by atoms with Crippen molar-refractivity contribution in [3.05, 3.63) is 71.3 Å². The summed E-state index contributed by atoms with van der Waals surface area (Å²) < 4.78 is 11.2. The van der Waals surface area contributed by atoms with Gasteiger partial charge in [-0.1, -0.05) is 54.6 Å². The molecule has 1 fully saturated rings. The number of carboxylic acids is 1. The highest BCUT2D eigenvalue weighted by molar-refractivity contribution is 5.88. The first-order valence-electron chi connectivity index (χ1n) is 11.9. The van der Waals surface area contributed by atoms with Crippen LogP contribution >= 0.6 is 0 Å². The molecule has 8 nitrogen and oxygen atoms in total. The molecule has 3 N–H and O–H groups in total. The maximum Gasteiger partial charge on any atom is 0.407 e. The number of hydrogen-bond acceptors (Lipinski definition) is 5. The molecule has 2 aromatic rings. The molecule has 2 amide bonds. The first-order valence-corrected chi connectivity index (χ1v) is 11.9. The minimum absolute atomic E-state index is 0.0165. The number of ether oxygens (including phenoxy) is 2. The fourth-order valence-corrected chi connectivity index (χ4v) is 5.28. The third-order valence-electron chi connectivity index (χ3n) is 7.06. The molecule has 1 saturated heterocycles. The van der Waals surface area contributed by atoms with Gasteiger partial charge in [0.25, 0.3) is 0 Å². The standard InChI is InChI=1S/C27H28N2O6/c30-25(29-18-10-9-16(13-18)26(31)32)24-17(11-12-34-24)14-28-27(33)35-15-23-21-7-3-1-5-19(21)20-6-2-4-8-22(20)23/h1-9,17-18,23-24H,10-15H2,(H,28,33)(H,29,30)(H,31,32)/t17-,18?,24-/m0/s1. The fraction of sp³-hybridized carbons (Fsp3) is 0.370. The monoisotopic (exact) mass is 476 g/mol. The van der Waals surface area contributed by atoms with E-state index < -0.39 is 18.2 Å². The molecular weight excluding hydrogens is 448 g/mol. The van der Waals surface area contributed by atoms with Crippen molar-refractivity contribution in [2.45, 2.75) is 37.3 Å². The topological polar surface area (TPSA) is 114 Å². The summed E-state index contributed by atoms with van der Waals surface area (Å²) in [5.74, 6) is -1.42. The van der Waals surface area contributed by atoms with Gasteiger partial charge in [0.1, 0.15) is 12.7 Å². The van der Waals surface area contributed by atoms with Crippen molar-refractivity contribution in [2.75, 3.05) is 19.8 Å². The summed E-state index contributed by atoms with van der Waals surface area (Å²) in [6, 6.07) is 16.1. The zero-order valence-corrected chi connectivity index (χ0v) is 19.2. The maximum atomic E-state index is 12.7. The van der Waals surface area contributed by atoms with E-state index in [1.165, 1.54) is 11.1 Å². The molecule has 0 bridgehead atoms. The van der Waals surface area contributed by atoms with Crippen molar-refractivity contribution in [1.82, 2.24) is 10.6 Å². The Morgan fingerprint density at radius 2 is 1.71 bits per heavy atom. The maximum absolute atomic E-state index is 12.7. The molecule has 2 aliphatic carbocycles. The Hall–Kier alpha value is -3.65. The molecule has 0 aromatic heterocycles. The number of nitrogens with one attached hydrogen (secondary N) is 2. The van der Waals surface area contributed by atoms with Crippen LogP contribution in [0, 0.1) is 5.92 Å². The van der Waals surface area contributed by atoms with Gasteiger partial charge in [-0.15, -0.1) is 0 Å². The van der Waals surface area contributed by atoms with Crippen LogP contribution < -0.4 is 10.6 Å². The molecule has 0 radical (unpaired) electrons. The van der Waals surface area contributed by atoms with Gasteiger partial charge in [-0.3, -0.25) is 4.79 Å². The molecule has 5 rings (SSSR count). The van der Waals surface area contributed by atoms with Crippen LogP contribution in [0.3, 0.4) is 0 Å². The molecule has 1 unspecified atom stereocenters. The lowest BCUT2D eigenvalue weighted by atomic mass is 9.98. The molecule has 2 aromatic carbocycles. The second kappa shape index (κ2) is 9.92. The summed E-state index contributed by atoms with van der Waals surface area (Å²) in [7, 11) is 0. The summed E-state index contributed by atoms with van der Waals surface area (Å²) >= 11 is 0. The smallest absolute Gasteiger partial charge is 0.407 e. The molecular formula is C27H28N2O6. The Bertz CT molecular complexity index is 1130. The van der Waals surface area contributed by atoms with Gasteiger partial charge in [-0.2, -0.15) is 0 Å². The Morgan fingerprint density at radius 1 is 1.03 bits per heavy atom. The number of hydrogen-bond donors (Lipinski definition) is 3. The first kappa shape index (κ1) is 23.1. The van der Waals surface area contributed by atoms with E-state index >= 15 is 0 Å². The predicted molar refractivity (Wildman–Crippen MR) is 128 cm³/mol. The Morgan fingerprint density at radius 3 is 2.37 bits per heavy atom. The average molecular weight is 477 g/mol. The van der Waals surface area contributed by atoms with Gasteiger partial charge < -0.3 is 25.2 Å². The van der Waals surface area contributed by atoms with Gasteiger partial charge in [0.2, 0.25) is 5.91 Å². The van der Waals surface area contributed by atoms with Crippen LogP contribution in [0.1, 0.15) is 36.3 Å². The second-order valence-electron chi connectivity index (χ2n) is 9.23.